The summed E-state index contributed by atoms with van der Waals surface area (Å²) in [7, 11) is 0. The van der Waals surface area contributed by atoms with Gasteiger partial charge in [0.1, 0.15) is 16.5 Å². The van der Waals surface area contributed by atoms with Crippen LogP contribution in [0.1, 0.15) is 0 Å². The zero-order valence-corrected chi connectivity index (χ0v) is 10.3. The second kappa shape index (κ2) is 4.54. The molecule has 5 heteroatoms. The molecule has 0 aliphatic carbocycles. The maximum atomic E-state index is 5.84. The molecule has 0 amide bonds. The summed E-state index contributed by atoms with van der Waals surface area (Å²) in [4.78, 5) is 12.9. The highest BCUT2D eigenvalue weighted by atomic mass is 32.1. The molecule has 0 radical (unpaired) electrons. The fraction of sp³-hybridized carbons (Fsp3) is 0. The van der Waals surface area contributed by atoms with Gasteiger partial charge in [-0.05, 0) is 24.3 Å². The number of hydrogen-bond acceptors (Lipinski definition) is 5. The lowest BCUT2D eigenvalue weighted by Crippen LogP contribution is -1.92. The quantitative estimate of drug-likeness (QED) is 0.763. The summed E-state index contributed by atoms with van der Waals surface area (Å²) in [5, 5.41) is 2.84. The molecule has 0 aromatic carbocycles. The van der Waals surface area contributed by atoms with Gasteiger partial charge >= 0.3 is 0 Å². The van der Waals surface area contributed by atoms with E-state index < -0.39 is 0 Å². The van der Waals surface area contributed by atoms with Gasteiger partial charge in [0.25, 0.3) is 0 Å². The van der Waals surface area contributed by atoms with Crippen LogP contribution in [-0.4, -0.2) is 15.0 Å². The Bertz CT molecular complexity index is 664. The van der Waals surface area contributed by atoms with Gasteiger partial charge < -0.3 is 5.73 Å². The smallest absolute Gasteiger partial charge is 0.133 e. The minimum atomic E-state index is 0.499. The first-order chi connectivity index (χ1) is 8.84. The van der Waals surface area contributed by atoms with Crippen molar-refractivity contribution in [2.24, 2.45) is 0 Å². The third-order valence-corrected chi connectivity index (χ3v) is 3.38. The van der Waals surface area contributed by atoms with Gasteiger partial charge in [0.2, 0.25) is 0 Å². The van der Waals surface area contributed by atoms with Gasteiger partial charge in [0, 0.05) is 17.8 Å². The molecule has 0 bridgehead atoms. The van der Waals surface area contributed by atoms with E-state index in [1.165, 1.54) is 0 Å². The number of nitrogens with two attached hydrogens (primary N) is 1. The van der Waals surface area contributed by atoms with Crippen molar-refractivity contribution in [1.29, 1.82) is 0 Å². The van der Waals surface area contributed by atoms with Crippen molar-refractivity contribution in [3.63, 3.8) is 0 Å². The van der Waals surface area contributed by atoms with E-state index in [-0.39, 0.29) is 0 Å². The third-order valence-electron chi connectivity index (χ3n) is 2.50. The lowest BCUT2D eigenvalue weighted by molar-refractivity contribution is 1.27. The van der Waals surface area contributed by atoms with Crippen LogP contribution in [0.15, 0.2) is 48.1 Å². The number of rotatable bonds is 2. The molecule has 18 heavy (non-hydrogen) atoms. The second-order valence-electron chi connectivity index (χ2n) is 3.69. The Morgan fingerprint density at radius 1 is 0.944 bits per heavy atom. The van der Waals surface area contributed by atoms with Gasteiger partial charge in [-0.3, -0.25) is 4.98 Å². The highest BCUT2D eigenvalue weighted by molar-refractivity contribution is 7.13. The third kappa shape index (κ3) is 1.96. The average molecular weight is 254 g/mol. The Labute approximate surface area is 108 Å². The van der Waals surface area contributed by atoms with Crippen LogP contribution in [0.4, 0.5) is 5.82 Å². The Balaban J connectivity index is 2.03. The van der Waals surface area contributed by atoms with E-state index in [2.05, 4.69) is 15.0 Å². The van der Waals surface area contributed by atoms with Gasteiger partial charge in [-0.2, -0.15) is 0 Å². The van der Waals surface area contributed by atoms with Crippen LogP contribution in [0.2, 0.25) is 0 Å². The first kappa shape index (κ1) is 10.9. The Morgan fingerprint density at radius 3 is 2.61 bits per heavy atom. The van der Waals surface area contributed by atoms with E-state index in [1.807, 2.05) is 35.7 Å². The molecule has 0 unspecified atom stereocenters. The number of hydrogen-bond donors (Lipinski definition) is 1. The lowest BCUT2D eigenvalue weighted by atomic mass is 10.2. The SMILES string of the molecule is Nc1ncccc1-c1nc(-c2ccccn2)cs1. The molecule has 4 nitrogen and oxygen atoms in total. The first-order valence-corrected chi connectivity index (χ1v) is 6.30. The molecule has 0 spiro atoms. The molecular formula is C13H10N4S. The fourth-order valence-electron chi connectivity index (χ4n) is 1.63. The molecule has 0 fully saturated rings. The highest BCUT2D eigenvalue weighted by Crippen LogP contribution is 2.30. The maximum absolute atomic E-state index is 5.84. The molecule has 88 valence electrons. The van der Waals surface area contributed by atoms with E-state index in [1.54, 1.807) is 23.7 Å². The standard InChI is InChI=1S/C13H10N4S/c14-12-9(4-3-7-16-12)13-17-11(8-18-13)10-5-1-2-6-15-10/h1-8H,(H2,14,16). The molecular weight excluding hydrogens is 244 g/mol. The van der Waals surface area contributed by atoms with Crippen molar-refractivity contribution in [1.82, 2.24) is 15.0 Å². The van der Waals surface area contributed by atoms with E-state index in [9.17, 15) is 0 Å². The minimum absolute atomic E-state index is 0.499. The summed E-state index contributed by atoms with van der Waals surface area (Å²) in [6.45, 7) is 0. The highest BCUT2D eigenvalue weighted by Gasteiger charge is 2.09. The largest absolute Gasteiger partial charge is 0.383 e. The maximum Gasteiger partial charge on any atom is 0.133 e. The molecule has 0 saturated heterocycles. The van der Waals surface area contributed by atoms with Gasteiger partial charge in [0.05, 0.1) is 11.3 Å². The predicted molar refractivity (Wildman–Crippen MR) is 73.0 cm³/mol. The van der Waals surface area contributed by atoms with Crippen LogP contribution >= 0.6 is 11.3 Å². The number of thiazole rings is 1. The van der Waals surface area contributed by atoms with Crippen LogP contribution in [0.25, 0.3) is 22.0 Å². The molecule has 3 rings (SSSR count). The Kier molecular flexibility index (Phi) is 2.74. The molecule has 0 atom stereocenters. The van der Waals surface area contributed by atoms with Crippen LogP contribution in [0, 0.1) is 0 Å². The van der Waals surface area contributed by atoms with Gasteiger partial charge in [-0.1, -0.05) is 6.07 Å². The van der Waals surface area contributed by atoms with E-state index in [0.717, 1.165) is 22.0 Å². The van der Waals surface area contributed by atoms with E-state index in [0.29, 0.717) is 5.82 Å². The summed E-state index contributed by atoms with van der Waals surface area (Å²) < 4.78 is 0. The lowest BCUT2D eigenvalue weighted by Gasteiger charge is -1.99. The number of pyridine rings is 2. The number of anilines is 1. The number of nitrogen functional groups attached to an aromatic ring is 1. The monoisotopic (exact) mass is 254 g/mol. The number of aromatic nitrogens is 3. The predicted octanol–water partition coefficient (Wildman–Crippen LogP) is 2.85. The van der Waals surface area contributed by atoms with Crippen LogP contribution < -0.4 is 5.73 Å². The zero-order chi connectivity index (χ0) is 12.4. The molecule has 0 aliphatic heterocycles. The summed E-state index contributed by atoms with van der Waals surface area (Å²) in [6.07, 6.45) is 3.43. The summed E-state index contributed by atoms with van der Waals surface area (Å²) >= 11 is 1.54. The van der Waals surface area contributed by atoms with Gasteiger partial charge in [0.15, 0.2) is 0 Å². The normalized spacial score (nSPS) is 10.4. The molecule has 3 heterocycles. The molecule has 0 aliphatic rings. The van der Waals surface area contributed by atoms with Crippen molar-refractivity contribution in [2.75, 3.05) is 5.73 Å². The molecule has 0 saturated carbocycles. The summed E-state index contributed by atoms with van der Waals surface area (Å²) in [5.74, 6) is 0.499. The van der Waals surface area contributed by atoms with Crippen molar-refractivity contribution >= 4 is 17.2 Å². The van der Waals surface area contributed by atoms with Crippen LogP contribution in [0.5, 0.6) is 0 Å². The van der Waals surface area contributed by atoms with E-state index in [4.69, 9.17) is 5.73 Å². The van der Waals surface area contributed by atoms with Crippen molar-refractivity contribution in [3.8, 4) is 22.0 Å². The Morgan fingerprint density at radius 2 is 1.83 bits per heavy atom. The summed E-state index contributed by atoms with van der Waals surface area (Å²) in [6, 6.07) is 9.54. The zero-order valence-electron chi connectivity index (χ0n) is 9.45. The van der Waals surface area contributed by atoms with Gasteiger partial charge in [-0.15, -0.1) is 11.3 Å². The van der Waals surface area contributed by atoms with Crippen molar-refractivity contribution in [3.05, 3.63) is 48.1 Å². The minimum Gasteiger partial charge on any atom is -0.383 e. The Hall–Kier alpha value is -2.27. The van der Waals surface area contributed by atoms with Gasteiger partial charge in [-0.25, -0.2) is 9.97 Å². The average Bonchev–Trinajstić information content (AvgIpc) is 2.90. The van der Waals surface area contributed by atoms with Crippen molar-refractivity contribution in [2.45, 2.75) is 0 Å². The first-order valence-electron chi connectivity index (χ1n) is 5.42. The second-order valence-corrected chi connectivity index (χ2v) is 4.55. The molecule has 2 N–H and O–H groups in total. The van der Waals surface area contributed by atoms with E-state index >= 15 is 0 Å². The topological polar surface area (TPSA) is 64.7 Å². The van der Waals surface area contributed by atoms with Crippen LogP contribution in [-0.2, 0) is 0 Å². The number of nitrogens with zero attached hydrogens (tertiary/aromatic N) is 3. The molecule has 3 aromatic rings. The molecule has 3 aromatic heterocycles. The van der Waals surface area contributed by atoms with Crippen LogP contribution in [0.3, 0.4) is 0 Å². The summed E-state index contributed by atoms with van der Waals surface area (Å²) in [5.41, 5.74) is 8.43. The fourth-order valence-corrected chi connectivity index (χ4v) is 2.48. The van der Waals surface area contributed by atoms with Crippen molar-refractivity contribution < 1.29 is 0 Å².